The molecule has 0 aromatic heterocycles. The van der Waals surface area contributed by atoms with Crippen molar-refractivity contribution in [3.8, 4) is 0 Å². The summed E-state index contributed by atoms with van der Waals surface area (Å²) in [5.74, 6) is -1.85. The number of ether oxygens (including phenoxy) is 2. The molecule has 8 heteroatoms. The van der Waals surface area contributed by atoms with Crippen LogP contribution < -0.4 is 0 Å². The molecule has 2 aliphatic rings. The number of carbonyl (C=O) groups is 2. The largest absolute Gasteiger partial charge is 0.460 e. The van der Waals surface area contributed by atoms with Crippen LogP contribution >= 0.6 is 0 Å². The van der Waals surface area contributed by atoms with Crippen molar-refractivity contribution < 1.29 is 34.4 Å². The van der Waals surface area contributed by atoms with E-state index in [1.165, 1.54) is 6.92 Å². The quantitative estimate of drug-likeness (QED) is 0.396. The molecule has 0 bridgehead atoms. The molecule has 3 N–H and O–H groups in total. The Morgan fingerprint density at radius 2 is 1.93 bits per heavy atom. The molecule has 0 radical (unpaired) electrons. The first kappa shape index (κ1) is 22.8. The number of rotatable bonds is 8. The van der Waals surface area contributed by atoms with E-state index in [2.05, 4.69) is 4.90 Å². The van der Waals surface area contributed by atoms with Crippen LogP contribution in [0.25, 0.3) is 0 Å². The molecule has 4 atom stereocenters. The van der Waals surface area contributed by atoms with Gasteiger partial charge in [-0.25, -0.2) is 4.79 Å². The highest BCUT2D eigenvalue weighted by atomic mass is 16.6. The van der Waals surface area contributed by atoms with Gasteiger partial charge in [-0.05, 0) is 38.7 Å². The fraction of sp³-hybridized carbons (Fsp3) is 0.800. The molecule has 0 spiro atoms. The third-order valence-corrected chi connectivity index (χ3v) is 5.49. The smallest absolute Gasteiger partial charge is 0.341 e. The van der Waals surface area contributed by atoms with Crippen LogP contribution in [0, 0.1) is 5.92 Å². The van der Waals surface area contributed by atoms with Gasteiger partial charge in [-0.3, -0.25) is 9.69 Å². The van der Waals surface area contributed by atoms with Gasteiger partial charge in [0.05, 0.1) is 24.2 Å². The van der Waals surface area contributed by atoms with E-state index in [0.717, 1.165) is 12.1 Å². The van der Waals surface area contributed by atoms with Gasteiger partial charge in [0.1, 0.15) is 12.7 Å². The van der Waals surface area contributed by atoms with Crippen LogP contribution in [0.3, 0.4) is 0 Å². The lowest BCUT2D eigenvalue weighted by Crippen LogP contribution is -2.53. The molecule has 1 fully saturated rings. The van der Waals surface area contributed by atoms with E-state index < -0.39 is 35.2 Å². The maximum Gasteiger partial charge on any atom is 0.341 e. The standard InChI is InChI=1S/C20H33NO7/c1-12(2)20(26,13(3)22)18(24)27-11-14-6-8-21-9-7-15(17(14)21)28-16(23)10-19(4,5)25/h6,12-13,15,17,22,25-26H,7-11H2,1-5H3/t13?,15-,17-,20?/m1/s1. The van der Waals surface area contributed by atoms with Gasteiger partial charge in [0, 0.05) is 13.1 Å². The van der Waals surface area contributed by atoms with Crippen LogP contribution in [0.1, 0.15) is 47.5 Å². The summed E-state index contributed by atoms with van der Waals surface area (Å²) >= 11 is 0. The number of aliphatic hydroxyl groups excluding tert-OH is 1. The summed E-state index contributed by atoms with van der Waals surface area (Å²) in [6.07, 6.45) is 0.862. The van der Waals surface area contributed by atoms with Crippen molar-refractivity contribution >= 4 is 11.9 Å². The average molecular weight is 399 g/mol. The minimum atomic E-state index is -1.98. The number of carbonyl (C=O) groups excluding carboxylic acids is 2. The van der Waals surface area contributed by atoms with Gasteiger partial charge in [-0.1, -0.05) is 19.9 Å². The van der Waals surface area contributed by atoms with Gasteiger partial charge in [0.15, 0.2) is 5.60 Å². The molecule has 8 nitrogen and oxygen atoms in total. The van der Waals surface area contributed by atoms with Gasteiger partial charge in [-0.15, -0.1) is 0 Å². The summed E-state index contributed by atoms with van der Waals surface area (Å²) in [4.78, 5) is 26.7. The van der Waals surface area contributed by atoms with Gasteiger partial charge < -0.3 is 24.8 Å². The summed E-state index contributed by atoms with van der Waals surface area (Å²) in [6.45, 7) is 9.11. The third kappa shape index (κ3) is 4.92. The Kier molecular flexibility index (Phi) is 6.91. The van der Waals surface area contributed by atoms with Crippen molar-refractivity contribution in [3.05, 3.63) is 11.6 Å². The van der Waals surface area contributed by atoms with Crippen LogP contribution in [0.15, 0.2) is 11.6 Å². The first-order valence-corrected chi connectivity index (χ1v) is 9.78. The Morgan fingerprint density at radius 1 is 1.29 bits per heavy atom. The van der Waals surface area contributed by atoms with Crippen molar-refractivity contribution in [1.82, 2.24) is 4.90 Å². The Labute approximate surface area is 166 Å². The van der Waals surface area contributed by atoms with E-state index in [0.29, 0.717) is 13.0 Å². The number of nitrogens with zero attached hydrogens (tertiary/aromatic N) is 1. The molecule has 1 saturated heterocycles. The number of esters is 2. The predicted octanol–water partition coefficient (Wildman–Crippen LogP) is 0.385. The summed E-state index contributed by atoms with van der Waals surface area (Å²) in [6, 6.07) is -0.183. The van der Waals surface area contributed by atoms with Crippen LogP contribution in [0.4, 0.5) is 0 Å². The number of hydrogen-bond donors (Lipinski definition) is 3. The van der Waals surface area contributed by atoms with Gasteiger partial charge in [0.2, 0.25) is 0 Å². The molecule has 2 heterocycles. The van der Waals surface area contributed by atoms with Gasteiger partial charge >= 0.3 is 11.9 Å². The highest BCUT2D eigenvalue weighted by molar-refractivity contribution is 5.80. The monoisotopic (exact) mass is 399 g/mol. The third-order valence-electron chi connectivity index (χ3n) is 5.49. The van der Waals surface area contributed by atoms with Crippen molar-refractivity contribution in [3.63, 3.8) is 0 Å². The van der Waals surface area contributed by atoms with E-state index >= 15 is 0 Å². The van der Waals surface area contributed by atoms with Gasteiger partial charge in [0.25, 0.3) is 0 Å². The number of fused-ring (bicyclic) bond motifs is 1. The van der Waals surface area contributed by atoms with Crippen molar-refractivity contribution in [2.24, 2.45) is 5.92 Å². The predicted molar refractivity (Wildman–Crippen MR) is 101 cm³/mol. The zero-order chi connectivity index (χ0) is 21.3. The molecule has 0 aromatic rings. The normalized spacial score (nSPS) is 25.8. The molecule has 2 unspecified atom stereocenters. The minimum Gasteiger partial charge on any atom is -0.460 e. The van der Waals surface area contributed by atoms with E-state index in [-0.39, 0.29) is 25.2 Å². The second kappa shape index (κ2) is 8.49. The topological polar surface area (TPSA) is 117 Å². The van der Waals surface area contributed by atoms with Crippen molar-refractivity contribution in [1.29, 1.82) is 0 Å². The van der Waals surface area contributed by atoms with Crippen molar-refractivity contribution in [2.75, 3.05) is 19.7 Å². The molecule has 0 aliphatic carbocycles. The molecule has 28 heavy (non-hydrogen) atoms. The molecule has 2 aliphatic heterocycles. The zero-order valence-corrected chi connectivity index (χ0v) is 17.3. The molecular formula is C20H33NO7. The number of aliphatic hydroxyl groups is 3. The Hall–Kier alpha value is -1.48. The summed E-state index contributed by atoms with van der Waals surface area (Å²) in [5, 5.41) is 30.2. The molecule has 2 rings (SSSR count). The molecule has 0 saturated carbocycles. The first-order chi connectivity index (χ1) is 12.9. The lowest BCUT2D eigenvalue weighted by molar-refractivity contribution is -0.184. The first-order valence-electron chi connectivity index (χ1n) is 9.78. The minimum absolute atomic E-state index is 0.0404. The van der Waals surface area contributed by atoms with Crippen LogP contribution in [0.5, 0.6) is 0 Å². The summed E-state index contributed by atoms with van der Waals surface area (Å²) < 4.78 is 10.9. The average Bonchev–Trinajstić information content (AvgIpc) is 3.12. The fourth-order valence-corrected chi connectivity index (χ4v) is 3.84. The lowest BCUT2D eigenvalue weighted by Gasteiger charge is -2.32. The second-order valence-electron chi connectivity index (χ2n) is 8.76. The molecule has 160 valence electrons. The van der Waals surface area contributed by atoms with Crippen LogP contribution in [0.2, 0.25) is 0 Å². The lowest BCUT2D eigenvalue weighted by atomic mass is 9.85. The summed E-state index contributed by atoms with van der Waals surface area (Å²) in [7, 11) is 0. The molecule has 0 amide bonds. The SMILES string of the molecule is CC(C)C(O)(C(=O)OCC1=CCN2CC[C@@H](OC(=O)CC(C)(C)O)[C@@H]12)C(C)O. The Morgan fingerprint density at radius 3 is 2.46 bits per heavy atom. The van der Waals surface area contributed by atoms with E-state index in [1.54, 1.807) is 27.7 Å². The summed E-state index contributed by atoms with van der Waals surface area (Å²) in [5.41, 5.74) is -2.31. The van der Waals surface area contributed by atoms with Crippen molar-refractivity contribution in [2.45, 2.75) is 76.9 Å². The molecule has 0 aromatic carbocycles. The Bertz CT molecular complexity index is 613. The van der Waals surface area contributed by atoms with Gasteiger partial charge in [-0.2, -0.15) is 0 Å². The number of hydrogen-bond acceptors (Lipinski definition) is 8. The molecular weight excluding hydrogens is 366 g/mol. The second-order valence-corrected chi connectivity index (χ2v) is 8.76. The van der Waals surface area contributed by atoms with Crippen LogP contribution in [-0.4, -0.2) is 81.3 Å². The van der Waals surface area contributed by atoms with E-state index in [1.807, 2.05) is 6.08 Å². The fourth-order valence-electron chi connectivity index (χ4n) is 3.84. The van der Waals surface area contributed by atoms with E-state index in [9.17, 15) is 24.9 Å². The maximum atomic E-state index is 12.4. The highest BCUT2D eigenvalue weighted by Crippen LogP contribution is 2.32. The van der Waals surface area contributed by atoms with E-state index in [4.69, 9.17) is 9.47 Å². The van der Waals surface area contributed by atoms with Crippen LogP contribution in [-0.2, 0) is 19.1 Å². The maximum absolute atomic E-state index is 12.4. The Balaban J connectivity index is 1.99. The highest BCUT2D eigenvalue weighted by Gasteiger charge is 2.47. The zero-order valence-electron chi connectivity index (χ0n) is 17.3.